The maximum atomic E-state index is 13.1. The molecule has 2 aromatic rings. The quantitative estimate of drug-likeness (QED) is 0.591. The van der Waals surface area contributed by atoms with Crippen LogP contribution in [0.25, 0.3) is 0 Å². The Labute approximate surface area is 160 Å². The first kappa shape index (κ1) is 21.2. The van der Waals surface area contributed by atoms with Crippen LogP contribution in [-0.4, -0.2) is 25.7 Å². The van der Waals surface area contributed by atoms with Gasteiger partial charge in [0.1, 0.15) is 22.5 Å². The van der Waals surface area contributed by atoms with Crippen LogP contribution >= 0.6 is 11.8 Å². The first-order valence-corrected chi connectivity index (χ1v) is 8.59. The van der Waals surface area contributed by atoms with Crippen molar-refractivity contribution in [1.29, 1.82) is 5.26 Å². The van der Waals surface area contributed by atoms with Gasteiger partial charge < -0.3 is 5.73 Å². The minimum absolute atomic E-state index is 0.0128. The molecule has 2 heterocycles. The van der Waals surface area contributed by atoms with Crippen LogP contribution in [0.1, 0.15) is 27.2 Å². The van der Waals surface area contributed by atoms with Crippen molar-refractivity contribution in [2.75, 3.05) is 11.5 Å². The summed E-state index contributed by atoms with van der Waals surface area (Å²) >= 11 is 0.578. The number of nitrogen functional groups attached to an aromatic ring is 1. The summed E-state index contributed by atoms with van der Waals surface area (Å²) in [5.74, 6) is -1.66. The van der Waals surface area contributed by atoms with E-state index in [0.717, 1.165) is 10.6 Å². The Balaban J connectivity index is 2.46. The zero-order valence-corrected chi connectivity index (χ0v) is 15.7. The topological polar surface area (TPSA) is 124 Å². The highest BCUT2D eigenvalue weighted by Crippen LogP contribution is 2.35. The van der Waals surface area contributed by atoms with Crippen LogP contribution in [0.2, 0.25) is 0 Å². The maximum absolute atomic E-state index is 13.1. The molecular weight excluding hydrogens is 399 g/mol. The zero-order chi connectivity index (χ0) is 21.4. The Bertz CT molecular complexity index is 1130. The van der Waals surface area contributed by atoms with Gasteiger partial charge in [-0.3, -0.25) is 18.7 Å². The number of alkyl halides is 3. The van der Waals surface area contributed by atoms with Gasteiger partial charge in [-0.2, -0.15) is 18.4 Å². The van der Waals surface area contributed by atoms with E-state index in [1.165, 1.54) is 27.1 Å². The third-order valence-corrected chi connectivity index (χ3v) is 4.84. The molecule has 0 aromatic carbocycles. The Morgan fingerprint density at radius 2 is 1.93 bits per heavy atom. The maximum Gasteiger partial charge on any atom is 0.417 e. The lowest BCUT2D eigenvalue weighted by atomic mass is 10.1. The van der Waals surface area contributed by atoms with E-state index in [2.05, 4.69) is 4.98 Å². The van der Waals surface area contributed by atoms with Crippen LogP contribution in [0.15, 0.2) is 20.7 Å². The van der Waals surface area contributed by atoms with E-state index in [9.17, 15) is 27.6 Å². The van der Waals surface area contributed by atoms with Crippen LogP contribution in [0.5, 0.6) is 0 Å². The Kier molecular flexibility index (Phi) is 5.70. The highest BCUT2D eigenvalue weighted by atomic mass is 32.2. The number of ketones is 1. The Morgan fingerprint density at radius 1 is 1.32 bits per heavy atom. The number of anilines is 1. The van der Waals surface area contributed by atoms with Crippen molar-refractivity contribution in [3.05, 3.63) is 49.3 Å². The van der Waals surface area contributed by atoms with Gasteiger partial charge in [0.15, 0.2) is 5.78 Å². The van der Waals surface area contributed by atoms with Crippen LogP contribution in [0, 0.1) is 18.3 Å². The minimum Gasteiger partial charge on any atom is -0.384 e. The van der Waals surface area contributed by atoms with Crippen molar-refractivity contribution in [3.63, 3.8) is 0 Å². The van der Waals surface area contributed by atoms with E-state index in [4.69, 9.17) is 11.0 Å². The molecule has 0 saturated carbocycles. The zero-order valence-electron chi connectivity index (χ0n) is 14.9. The molecule has 2 N–H and O–H groups in total. The fourth-order valence-electron chi connectivity index (χ4n) is 2.41. The summed E-state index contributed by atoms with van der Waals surface area (Å²) in [6.45, 7) is 1.32. The molecule has 148 valence electrons. The molecule has 0 radical (unpaired) electrons. The van der Waals surface area contributed by atoms with E-state index in [1.807, 2.05) is 0 Å². The average molecular weight is 413 g/mol. The van der Waals surface area contributed by atoms with Crippen molar-refractivity contribution < 1.29 is 18.0 Å². The molecule has 0 bridgehead atoms. The SMILES string of the molecule is Cc1cc(C(F)(F)F)c(C#N)c(SCC(=O)c2c(N)n(C)c(=O)n(C)c2=O)n1. The van der Waals surface area contributed by atoms with Crippen molar-refractivity contribution in [2.24, 2.45) is 14.1 Å². The number of nitrogens with two attached hydrogens (primary N) is 1. The smallest absolute Gasteiger partial charge is 0.384 e. The fraction of sp³-hybridized carbons (Fsp3) is 0.312. The summed E-state index contributed by atoms with van der Waals surface area (Å²) in [7, 11) is 2.44. The van der Waals surface area contributed by atoms with Crippen molar-refractivity contribution in [2.45, 2.75) is 18.1 Å². The highest BCUT2D eigenvalue weighted by molar-refractivity contribution is 8.00. The highest BCUT2D eigenvalue weighted by Gasteiger charge is 2.35. The second-order valence-corrected chi connectivity index (χ2v) is 6.74. The molecule has 0 unspecified atom stereocenters. The summed E-state index contributed by atoms with van der Waals surface area (Å²) in [4.78, 5) is 40.4. The van der Waals surface area contributed by atoms with Gasteiger partial charge in [0.25, 0.3) is 5.56 Å². The molecule has 2 aromatic heterocycles. The summed E-state index contributed by atoms with van der Waals surface area (Å²) in [5, 5.41) is 8.84. The van der Waals surface area contributed by atoms with Gasteiger partial charge in [0.2, 0.25) is 0 Å². The molecule has 8 nitrogen and oxygen atoms in total. The third kappa shape index (κ3) is 3.79. The second-order valence-electron chi connectivity index (χ2n) is 5.78. The number of hydrogen-bond acceptors (Lipinski definition) is 7. The number of Topliss-reactive ketones (excluding diaryl/α,β-unsaturated/α-hetero) is 1. The van der Waals surface area contributed by atoms with E-state index in [1.54, 1.807) is 0 Å². The van der Waals surface area contributed by atoms with Gasteiger partial charge in [0, 0.05) is 19.8 Å². The number of aromatic nitrogens is 3. The molecule has 0 amide bonds. The first-order chi connectivity index (χ1) is 12.9. The molecule has 28 heavy (non-hydrogen) atoms. The standard InChI is InChI=1S/C16H14F3N5O3S/c1-7-4-9(16(17,18)19)8(5-20)13(22-7)28-6-10(25)11-12(21)23(2)15(27)24(3)14(11)26/h4H,6,21H2,1-3H3. The molecular formula is C16H14F3N5O3S. The summed E-state index contributed by atoms with van der Waals surface area (Å²) in [5.41, 5.74) is 1.73. The van der Waals surface area contributed by atoms with E-state index < -0.39 is 45.7 Å². The number of carbonyl (C=O) groups excluding carboxylic acids is 1. The fourth-order valence-corrected chi connectivity index (χ4v) is 3.33. The number of hydrogen-bond donors (Lipinski definition) is 1. The van der Waals surface area contributed by atoms with Crippen LogP contribution in [-0.2, 0) is 20.3 Å². The summed E-state index contributed by atoms with van der Waals surface area (Å²) in [6.07, 6.45) is -4.77. The molecule has 0 atom stereocenters. The number of nitrogens with zero attached hydrogens (tertiary/aromatic N) is 4. The van der Waals surface area contributed by atoms with Gasteiger partial charge in [0.05, 0.1) is 16.9 Å². The van der Waals surface area contributed by atoms with E-state index >= 15 is 0 Å². The molecule has 0 aliphatic carbocycles. The number of nitriles is 1. The van der Waals surface area contributed by atoms with Gasteiger partial charge in [-0.05, 0) is 13.0 Å². The molecule has 0 aliphatic rings. The molecule has 0 spiro atoms. The minimum atomic E-state index is -4.77. The van der Waals surface area contributed by atoms with E-state index in [0.29, 0.717) is 16.3 Å². The average Bonchev–Trinajstić information content (AvgIpc) is 2.62. The van der Waals surface area contributed by atoms with Crippen molar-refractivity contribution in [1.82, 2.24) is 14.1 Å². The van der Waals surface area contributed by atoms with Crippen molar-refractivity contribution >= 4 is 23.4 Å². The summed E-state index contributed by atoms with van der Waals surface area (Å²) < 4.78 is 41.0. The van der Waals surface area contributed by atoms with Gasteiger partial charge in [-0.1, -0.05) is 11.8 Å². The monoisotopic (exact) mass is 413 g/mol. The van der Waals surface area contributed by atoms with Gasteiger partial charge in [-0.15, -0.1) is 0 Å². The third-order valence-electron chi connectivity index (χ3n) is 3.86. The Hall–Kier alpha value is -3.07. The number of carbonyl (C=O) groups is 1. The predicted molar refractivity (Wildman–Crippen MR) is 95.1 cm³/mol. The number of aryl methyl sites for hydroxylation is 1. The number of halogens is 3. The van der Waals surface area contributed by atoms with Crippen LogP contribution in [0.3, 0.4) is 0 Å². The number of thioether (sulfide) groups is 1. The second kappa shape index (κ2) is 7.51. The van der Waals surface area contributed by atoms with Crippen LogP contribution in [0.4, 0.5) is 19.0 Å². The summed E-state index contributed by atoms with van der Waals surface area (Å²) in [6, 6.07) is 2.20. The largest absolute Gasteiger partial charge is 0.417 e. The number of rotatable bonds is 4. The number of pyridine rings is 1. The molecule has 0 saturated heterocycles. The van der Waals surface area contributed by atoms with Crippen molar-refractivity contribution in [3.8, 4) is 6.07 Å². The Morgan fingerprint density at radius 3 is 2.46 bits per heavy atom. The first-order valence-electron chi connectivity index (χ1n) is 7.60. The lowest BCUT2D eigenvalue weighted by molar-refractivity contribution is -0.138. The molecule has 2 rings (SSSR count). The van der Waals surface area contributed by atoms with Gasteiger partial charge >= 0.3 is 11.9 Å². The predicted octanol–water partition coefficient (Wildman–Crippen LogP) is 1.24. The normalized spacial score (nSPS) is 11.3. The molecule has 0 fully saturated rings. The lowest BCUT2D eigenvalue weighted by Crippen LogP contribution is -2.41. The van der Waals surface area contributed by atoms with Gasteiger partial charge in [-0.25, -0.2) is 9.78 Å². The lowest BCUT2D eigenvalue weighted by Gasteiger charge is -2.13. The molecule has 12 heteroatoms. The van der Waals surface area contributed by atoms with Crippen LogP contribution < -0.4 is 17.0 Å². The molecule has 0 aliphatic heterocycles. The van der Waals surface area contributed by atoms with E-state index in [-0.39, 0.29) is 16.5 Å².